The highest BCUT2D eigenvalue weighted by Crippen LogP contribution is 2.33. The SMILES string of the molecule is COc1cc(CN2CCOC(c3ccc4c(c3)CNC4=O)C2)cc(C(F)(F)F)c1. The highest BCUT2D eigenvalue weighted by molar-refractivity contribution is 5.98. The van der Waals surface area contributed by atoms with E-state index in [4.69, 9.17) is 9.47 Å². The van der Waals surface area contributed by atoms with Crippen molar-refractivity contribution in [2.75, 3.05) is 26.8 Å². The van der Waals surface area contributed by atoms with Crippen molar-refractivity contribution in [3.05, 3.63) is 64.2 Å². The molecule has 2 aliphatic heterocycles. The fraction of sp³-hybridized carbons (Fsp3) is 0.381. The largest absolute Gasteiger partial charge is 0.497 e. The number of fused-ring (bicyclic) bond motifs is 1. The van der Waals surface area contributed by atoms with Gasteiger partial charge in [-0.25, -0.2) is 0 Å². The molecule has 0 bridgehead atoms. The molecule has 0 saturated carbocycles. The first-order valence-corrected chi connectivity index (χ1v) is 9.33. The average molecular weight is 406 g/mol. The lowest BCUT2D eigenvalue weighted by atomic mass is 10.0. The van der Waals surface area contributed by atoms with Gasteiger partial charge in [0, 0.05) is 31.7 Å². The van der Waals surface area contributed by atoms with Crippen LogP contribution in [0.15, 0.2) is 36.4 Å². The Labute approximate surface area is 166 Å². The van der Waals surface area contributed by atoms with E-state index < -0.39 is 11.7 Å². The van der Waals surface area contributed by atoms with Gasteiger partial charge < -0.3 is 14.8 Å². The first kappa shape index (κ1) is 19.7. The van der Waals surface area contributed by atoms with Crippen LogP contribution in [0.5, 0.6) is 5.75 Å². The summed E-state index contributed by atoms with van der Waals surface area (Å²) in [6.07, 6.45) is -4.62. The molecule has 0 aliphatic carbocycles. The molecule has 8 heteroatoms. The fourth-order valence-corrected chi connectivity index (χ4v) is 3.79. The number of ether oxygens (including phenoxy) is 2. The predicted molar refractivity (Wildman–Crippen MR) is 99.6 cm³/mol. The predicted octanol–water partition coefficient (Wildman–Crippen LogP) is 3.53. The van der Waals surface area contributed by atoms with Gasteiger partial charge in [0.05, 0.1) is 25.4 Å². The Balaban J connectivity index is 1.50. The summed E-state index contributed by atoms with van der Waals surface area (Å²) in [6, 6.07) is 9.45. The van der Waals surface area contributed by atoms with Gasteiger partial charge in [-0.1, -0.05) is 12.1 Å². The van der Waals surface area contributed by atoms with Crippen molar-refractivity contribution in [3.63, 3.8) is 0 Å². The molecule has 2 aliphatic rings. The number of halogens is 3. The van der Waals surface area contributed by atoms with Gasteiger partial charge in [-0.3, -0.25) is 9.69 Å². The second kappa shape index (κ2) is 7.68. The zero-order valence-corrected chi connectivity index (χ0v) is 15.9. The van der Waals surface area contributed by atoms with Crippen LogP contribution in [0.4, 0.5) is 13.2 Å². The number of alkyl halides is 3. The smallest absolute Gasteiger partial charge is 0.416 e. The number of benzene rings is 2. The Morgan fingerprint density at radius 2 is 2.07 bits per heavy atom. The van der Waals surface area contributed by atoms with Crippen molar-refractivity contribution >= 4 is 5.91 Å². The number of nitrogens with one attached hydrogen (secondary N) is 1. The number of nitrogens with zero attached hydrogens (tertiary/aromatic N) is 1. The average Bonchev–Trinajstić information content (AvgIpc) is 3.07. The Morgan fingerprint density at radius 3 is 2.83 bits per heavy atom. The van der Waals surface area contributed by atoms with Gasteiger partial charge in [-0.2, -0.15) is 13.2 Å². The van der Waals surface area contributed by atoms with Crippen LogP contribution in [0, 0.1) is 0 Å². The number of carbonyl (C=O) groups excluding carboxylic acids is 1. The molecule has 1 fully saturated rings. The number of amides is 1. The molecule has 0 spiro atoms. The summed E-state index contributed by atoms with van der Waals surface area (Å²) in [5, 5.41) is 2.79. The summed E-state index contributed by atoms with van der Waals surface area (Å²) < 4.78 is 50.4. The fourth-order valence-electron chi connectivity index (χ4n) is 3.79. The number of hydrogen-bond donors (Lipinski definition) is 1. The monoisotopic (exact) mass is 406 g/mol. The molecule has 1 saturated heterocycles. The highest BCUT2D eigenvalue weighted by atomic mass is 19.4. The highest BCUT2D eigenvalue weighted by Gasteiger charge is 2.32. The standard InChI is InChI=1S/C21H21F3N2O3/c1-28-17-7-13(6-16(9-17)21(22,23)24)11-26-4-5-29-19(12-26)14-2-3-18-15(8-14)10-25-20(18)27/h2-3,6-9,19H,4-5,10-12H2,1H3,(H,25,27). The van der Waals surface area contributed by atoms with E-state index >= 15 is 0 Å². The van der Waals surface area contributed by atoms with Gasteiger partial charge in [-0.05, 0) is 41.0 Å². The van der Waals surface area contributed by atoms with Crippen molar-refractivity contribution in [1.29, 1.82) is 0 Å². The molecule has 2 aromatic carbocycles. The summed E-state index contributed by atoms with van der Waals surface area (Å²) in [4.78, 5) is 13.8. The lowest BCUT2D eigenvalue weighted by Gasteiger charge is -2.33. The third-order valence-corrected chi connectivity index (χ3v) is 5.27. The first-order valence-electron chi connectivity index (χ1n) is 9.33. The van der Waals surface area contributed by atoms with Crippen LogP contribution in [0.2, 0.25) is 0 Å². The van der Waals surface area contributed by atoms with Gasteiger partial charge in [0.2, 0.25) is 0 Å². The molecule has 154 valence electrons. The molecule has 29 heavy (non-hydrogen) atoms. The van der Waals surface area contributed by atoms with Crippen molar-refractivity contribution in [1.82, 2.24) is 10.2 Å². The van der Waals surface area contributed by atoms with Crippen LogP contribution in [0.25, 0.3) is 0 Å². The third-order valence-electron chi connectivity index (χ3n) is 5.27. The Hall–Kier alpha value is -2.58. The number of methoxy groups -OCH3 is 1. The number of rotatable bonds is 4. The summed E-state index contributed by atoms with van der Waals surface area (Å²) in [5.74, 6) is 0.117. The van der Waals surface area contributed by atoms with Crippen LogP contribution in [-0.4, -0.2) is 37.6 Å². The number of morpholine rings is 1. The van der Waals surface area contributed by atoms with Crippen molar-refractivity contribution in [2.45, 2.75) is 25.4 Å². The van der Waals surface area contributed by atoms with Gasteiger partial charge in [0.25, 0.3) is 5.91 Å². The second-order valence-electron chi connectivity index (χ2n) is 7.26. The van der Waals surface area contributed by atoms with Crippen molar-refractivity contribution in [2.24, 2.45) is 0 Å². The Bertz CT molecular complexity index is 930. The van der Waals surface area contributed by atoms with E-state index in [1.54, 1.807) is 12.1 Å². The molecule has 1 amide bonds. The molecule has 4 rings (SSSR count). The normalized spacial score (nSPS) is 19.7. The third kappa shape index (κ3) is 4.23. The zero-order chi connectivity index (χ0) is 20.6. The maximum atomic E-state index is 13.2. The van der Waals surface area contributed by atoms with Gasteiger partial charge in [0.15, 0.2) is 0 Å². The quantitative estimate of drug-likeness (QED) is 0.844. The molecular formula is C21H21F3N2O3. The minimum absolute atomic E-state index is 0.0729. The maximum Gasteiger partial charge on any atom is 0.416 e. The van der Waals surface area contributed by atoms with E-state index in [-0.39, 0.29) is 17.8 Å². The van der Waals surface area contributed by atoms with Crippen LogP contribution in [0.3, 0.4) is 0 Å². The van der Waals surface area contributed by atoms with Crippen LogP contribution >= 0.6 is 0 Å². The van der Waals surface area contributed by atoms with E-state index in [1.165, 1.54) is 13.2 Å². The zero-order valence-electron chi connectivity index (χ0n) is 15.9. The topological polar surface area (TPSA) is 50.8 Å². The summed E-state index contributed by atoms with van der Waals surface area (Å²) in [7, 11) is 1.36. The van der Waals surface area contributed by atoms with Crippen LogP contribution in [-0.2, 0) is 24.0 Å². The lowest BCUT2D eigenvalue weighted by Crippen LogP contribution is -2.37. The van der Waals surface area contributed by atoms with Gasteiger partial charge >= 0.3 is 6.18 Å². The summed E-state index contributed by atoms with van der Waals surface area (Å²) in [5.41, 5.74) is 2.41. The van der Waals surface area contributed by atoms with Crippen LogP contribution < -0.4 is 10.1 Å². The van der Waals surface area contributed by atoms with Gasteiger partial charge in [0.1, 0.15) is 5.75 Å². The molecule has 1 unspecified atom stereocenters. The minimum Gasteiger partial charge on any atom is -0.497 e. The first-order chi connectivity index (χ1) is 13.8. The second-order valence-corrected chi connectivity index (χ2v) is 7.26. The Kier molecular flexibility index (Phi) is 5.23. The number of hydrogen-bond acceptors (Lipinski definition) is 4. The van der Waals surface area contributed by atoms with E-state index in [0.29, 0.717) is 43.9 Å². The van der Waals surface area contributed by atoms with Crippen molar-refractivity contribution < 1.29 is 27.4 Å². The van der Waals surface area contributed by atoms with E-state index in [0.717, 1.165) is 17.2 Å². The molecule has 1 N–H and O–H groups in total. The molecule has 1 atom stereocenters. The number of carbonyl (C=O) groups is 1. The van der Waals surface area contributed by atoms with E-state index in [2.05, 4.69) is 10.2 Å². The molecule has 2 aromatic rings. The summed E-state index contributed by atoms with van der Waals surface area (Å²) >= 11 is 0. The van der Waals surface area contributed by atoms with Gasteiger partial charge in [-0.15, -0.1) is 0 Å². The Morgan fingerprint density at radius 1 is 1.24 bits per heavy atom. The van der Waals surface area contributed by atoms with E-state index in [1.807, 2.05) is 12.1 Å². The van der Waals surface area contributed by atoms with E-state index in [9.17, 15) is 18.0 Å². The molecular weight excluding hydrogens is 385 g/mol. The van der Waals surface area contributed by atoms with Crippen LogP contribution in [0.1, 0.15) is 38.7 Å². The minimum atomic E-state index is -4.42. The molecule has 0 radical (unpaired) electrons. The molecule has 5 nitrogen and oxygen atoms in total. The lowest BCUT2D eigenvalue weighted by molar-refractivity contribution is -0.137. The molecule has 2 heterocycles. The summed E-state index contributed by atoms with van der Waals surface area (Å²) in [6.45, 7) is 2.53. The maximum absolute atomic E-state index is 13.2. The molecule has 0 aromatic heterocycles. The van der Waals surface area contributed by atoms with Crippen molar-refractivity contribution in [3.8, 4) is 5.75 Å².